The molecule has 2 nitrogen and oxygen atoms in total. The Bertz CT molecular complexity index is 629. The van der Waals surface area contributed by atoms with Crippen LogP contribution in [0.1, 0.15) is 21.7 Å². The average molecular weight is 300 g/mol. The Hall–Kier alpha value is -1.32. The maximum atomic E-state index is 13.4. The molecule has 0 aliphatic rings. The van der Waals surface area contributed by atoms with E-state index >= 15 is 0 Å². The van der Waals surface area contributed by atoms with Crippen molar-refractivity contribution in [2.45, 2.75) is 13.8 Å². The van der Waals surface area contributed by atoms with E-state index in [1.807, 2.05) is 6.92 Å². The minimum atomic E-state index is -0.416. The minimum absolute atomic E-state index is 0.0752. The zero-order chi connectivity index (χ0) is 14.2. The van der Waals surface area contributed by atoms with E-state index in [9.17, 15) is 9.18 Å². The van der Waals surface area contributed by atoms with Crippen LogP contribution in [0.4, 0.5) is 4.39 Å². The summed E-state index contributed by atoms with van der Waals surface area (Å²) in [6, 6.07) is 6.02. The highest BCUT2D eigenvalue weighted by atomic mass is 35.5. The van der Waals surface area contributed by atoms with Crippen molar-refractivity contribution in [1.82, 2.24) is 4.57 Å². The van der Waals surface area contributed by atoms with Gasteiger partial charge in [-0.15, -0.1) is 11.6 Å². The van der Waals surface area contributed by atoms with Crippen molar-refractivity contribution in [2.75, 3.05) is 5.88 Å². The summed E-state index contributed by atoms with van der Waals surface area (Å²) in [6.45, 7) is 3.64. The maximum absolute atomic E-state index is 13.4. The van der Waals surface area contributed by atoms with Gasteiger partial charge in [0.2, 0.25) is 0 Å². The summed E-state index contributed by atoms with van der Waals surface area (Å²) in [7, 11) is 0. The lowest BCUT2D eigenvalue weighted by molar-refractivity contribution is 0.102. The van der Waals surface area contributed by atoms with Crippen LogP contribution in [-0.4, -0.2) is 16.2 Å². The number of carbonyl (C=O) groups excluding carboxylic acids is 1. The van der Waals surface area contributed by atoms with Gasteiger partial charge in [-0.1, -0.05) is 11.6 Å². The molecule has 0 aliphatic carbocycles. The van der Waals surface area contributed by atoms with E-state index in [1.165, 1.54) is 12.1 Å². The standard InChI is InChI=1S/C14H12Cl2FNO/c1-8-3-13(14(19)7-15)9(2)18(8)12-5-10(16)4-11(17)6-12/h3-6H,7H2,1-2H3. The van der Waals surface area contributed by atoms with E-state index < -0.39 is 5.82 Å². The zero-order valence-electron chi connectivity index (χ0n) is 10.5. The summed E-state index contributed by atoms with van der Waals surface area (Å²) in [6.07, 6.45) is 0. The van der Waals surface area contributed by atoms with Crippen molar-refractivity contribution in [3.8, 4) is 5.69 Å². The Morgan fingerprint density at radius 1 is 1.26 bits per heavy atom. The fraction of sp³-hybridized carbons (Fsp3) is 0.214. The zero-order valence-corrected chi connectivity index (χ0v) is 12.0. The Labute approximate surface area is 120 Å². The predicted molar refractivity (Wildman–Crippen MR) is 75.3 cm³/mol. The Morgan fingerprint density at radius 3 is 2.53 bits per heavy atom. The molecular weight excluding hydrogens is 288 g/mol. The van der Waals surface area contributed by atoms with Gasteiger partial charge in [-0.05, 0) is 38.1 Å². The highest BCUT2D eigenvalue weighted by Gasteiger charge is 2.16. The van der Waals surface area contributed by atoms with Crippen LogP contribution in [0.5, 0.6) is 0 Å². The van der Waals surface area contributed by atoms with Gasteiger partial charge >= 0.3 is 0 Å². The van der Waals surface area contributed by atoms with Gasteiger partial charge in [0.1, 0.15) is 5.82 Å². The first kappa shape index (κ1) is 14.1. The second-order valence-corrected chi connectivity index (χ2v) is 5.01. The van der Waals surface area contributed by atoms with E-state index in [1.54, 1.807) is 23.6 Å². The number of carbonyl (C=O) groups is 1. The Balaban J connectivity index is 2.62. The Kier molecular flexibility index (Phi) is 3.97. The van der Waals surface area contributed by atoms with Gasteiger partial charge in [0, 0.05) is 27.7 Å². The van der Waals surface area contributed by atoms with Gasteiger partial charge in [0.25, 0.3) is 0 Å². The quantitative estimate of drug-likeness (QED) is 0.611. The van der Waals surface area contributed by atoms with Gasteiger partial charge in [-0.3, -0.25) is 4.79 Å². The van der Waals surface area contributed by atoms with Crippen molar-refractivity contribution in [1.29, 1.82) is 0 Å². The molecule has 5 heteroatoms. The Morgan fingerprint density at radius 2 is 1.95 bits per heavy atom. The maximum Gasteiger partial charge on any atom is 0.179 e. The third-order valence-electron chi connectivity index (χ3n) is 2.96. The summed E-state index contributed by atoms with van der Waals surface area (Å²) >= 11 is 11.4. The SMILES string of the molecule is Cc1cc(C(=O)CCl)c(C)n1-c1cc(F)cc(Cl)c1. The first-order chi connectivity index (χ1) is 8.93. The fourth-order valence-corrected chi connectivity index (χ4v) is 2.54. The molecule has 0 aliphatic heterocycles. The lowest BCUT2D eigenvalue weighted by Gasteiger charge is -2.10. The van der Waals surface area contributed by atoms with Crippen molar-refractivity contribution >= 4 is 29.0 Å². The fourth-order valence-electron chi connectivity index (χ4n) is 2.18. The third kappa shape index (κ3) is 2.67. The van der Waals surface area contributed by atoms with Crippen molar-refractivity contribution in [3.63, 3.8) is 0 Å². The van der Waals surface area contributed by atoms with Crippen LogP contribution in [0.3, 0.4) is 0 Å². The summed E-state index contributed by atoms with van der Waals surface area (Å²) in [4.78, 5) is 11.7. The molecule has 0 atom stereocenters. The number of rotatable bonds is 3. The summed E-state index contributed by atoms with van der Waals surface area (Å²) in [5.41, 5.74) is 2.69. The van der Waals surface area contributed by atoms with Crippen LogP contribution in [0.2, 0.25) is 5.02 Å². The minimum Gasteiger partial charge on any atom is -0.318 e. The van der Waals surface area contributed by atoms with Crippen LogP contribution in [0.15, 0.2) is 24.3 Å². The molecule has 0 unspecified atom stereocenters. The molecule has 100 valence electrons. The molecule has 0 saturated carbocycles. The lowest BCUT2D eigenvalue weighted by atomic mass is 10.2. The van der Waals surface area contributed by atoms with Gasteiger partial charge < -0.3 is 4.57 Å². The summed E-state index contributed by atoms with van der Waals surface area (Å²) < 4.78 is 15.2. The molecule has 1 heterocycles. The lowest BCUT2D eigenvalue weighted by Crippen LogP contribution is -2.04. The number of Topliss-reactive ketones (excluding diaryl/α,β-unsaturated/α-hetero) is 1. The number of alkyl halides is 1. The van der Waals surface area contributed by atoms with Crippen LogP contribution in [-0.2, 0) is 0 Å². The molecule has 19 heavy (non-hydrogen) atoms. The molecule has 2 rings (SSSR count). The number of hydrogen-bond acceptors (Lipinski definition) is 1. The number of nitrogens with zero attached hydrogens (tertiary/aromatic N) is 1. The van der Waals surface area contributed by atoms with E-state index in [0.717, 1.165) is 11.4 Å². The molecule has 0 amide bonds. The van der Waals surface area contributed by atoms with E-state index in [4.69, 9.17) is 23.2 Å². The van der Waals surface area contributed by atoms with Crippen LogP contribution >= 0.6 is 23.2 Å². The smallest absolute Gasteiger partial charge is 0.179 e. The number of ketones is 1. The first-order valence-electron chi connectivity index (χ1n) is 5.68. The molecule has 0 N–H and O–H groups in total. The van der Waals surface area contributed by atoms with Crippen LogP contribution in [0.25, 0.3) is 5.69 Å². The van der Waals surface area contributed by atoms with Crippen molar-refractivity contribution in [3.05, 3.63) is 52.1 Å². The number of hydrogen-bond donors (Lipinski definition) is 0. The highest BCUT2D eigenvalue weighted by molar-refractivity contribution is 6.31. The third-order valence-corrected chi connectivity index (χ3v) is 3.42. The molecule has 1 aromatic heterocycles. The monoisotopic (exact) mass is 299 g/mol. The van der Waals surface area contributed by atoms with Gasteiger partial charge in [0.05, 0.1) is 5.88 Å². The van der Waals surface area contributed by atoms with Crippen LogP contribution < -0.4 is 0 Å². The van der Waals surface area contributed by atoms with Gasteiger partial charge in [-0.25, -0.2) is 4.39 Å². The number of aryl methyl sites for hydroxylation is 1. The first-order valence-corrected chi connectivity index (χ1v) is 6.60. The number of benzene rings is 1. The summed E-state index contributed by atoms with van der Waals surface area (Å²) in [5.74, 6) is -0.641. The van der Waals surface area contributed by atoms with Gasteiger partial charge in [0.15, 0.2) is 5.78 Å². The topological polar surface area (TPSA) is 22.0 Å². The number of aromatic nitrogens is 1. The van der Waals surface area contributed by atoms with E-state index in [2.05, 4.69) is 0 Å². The second kappa shape index (κ2) is 5.35. The molecule has 0 saturated heterocycles. The molecule has 2 aromatic rings. The molecular formula is C14H12Cl2FNO. The highest BCUT2D eigenvalue weighted by Crippen LogP contribution is 2.24. The molecule has 0 spiro atoms. The molecule has 0 radical (unpaired) electrons. The number of halogens is 3. The largest absolute Gasteiger partial charge is 0.318 e. The molecule has 0 fully saturated rings. The normalized spacial score (nSPS) is 10.8. The van der Waals surface area contributed by atoms with E-state index in [0.29, 0.717) is 16.3 Å². The molecule has 0 bridgehead atoms. The van der Waals surface area contributed by atoms with E-state index in [-0.39, 0.29) is 11.7 Å². The summed E-state index contributed by atoms with van der Waals surface area (Å²) in [5, 5.41) is 0.313. The van der Waals surface area contributed by atoms with Gasteiger partial charge in [-0.2, -0.15) is 0 Å². The van der Waals surface area contributed by atoms with Crippen molar-refractivity contribution < 1.29 is 9.18 Å². The molecule has 1 aromatic carbocycles. The van der Waals surface area contributed by atoms with Crippen molar-refractivity contribution in [2.24, 2.45) is 0 Å². The van der Waals surface area contributed by atoms with Crippen LogP contribution in [0, 0.1) is 19.7 Å². The predicted octanol–water partition coefficient (Wildman–Crippen LogP) is 4.31. The average Bonchev–Trinajstić information content (AvgIpc) is 2.62. The second-order valence-electron chi connectivity index (χ2n) is 4.30.